The normalized spacial score (nSPS) is 30.0. The molecule has 0 aromatic heterocycles. The van der Waals surface area contributed by atoms with Crippen LogP contribution in [0.15, 0.2) is 152 Å². The van der Waals surface area contributed by atoms with Crippen molar-refractivity contribution in [2.24, 2.45) is 35.5 Å². The molecule has 14 atom stereocenters. The molecule has 91 heavy (non-hydrogen) atoms. The molecule has 0 radical (unpaired) electrons. The van der Waals surface area contributed by atoms with Crippen molar-refractivity contribution in [2.45, 2.75) is 118 Å². The summed E-state index contributed by atoms with van der Waals surface area (Å²) in [5.74, 6) is 5.29. The summed E-state index contributed by atoms with van der Waals surface area (Å²) in [5.41, 5.74) is 6.21. The number of rotatable bonds is 5. The lowest BCUT2D eigenvalue weighted by Crippen LogP contribution is -2.65. The SMILES string of the molecule is COc1cc2c(cc1O)C1CC(O)C3Cc4cc(O)c5cc4C4CC(CC(OC(C)=O)C(C2)C1(c1ccc2ccccc2c1)C43)OC(=O)C12CC(C#CC(Cc3ccccc3)CNCc3cccc(c3)-c3cc(O)cc4ccc1cc34)CC(CSSC(O)CO5)C2. The van der Waals surface area contributed by atoms with Crippen LogP contribution < -0.4 is 14.8 Å². The minimum atomic E-state index is -1.28. The number of ether oxygens (including phenoxy) is 4. The molecule has 8 aromatic carbocycles. The van der Waals surface area contributed by atoms with Gasteiger partial charge in [0.2, 0.25) is 0 Å². The molecule has 14 unspecified atom stereocenters. The third-order valence-corrected chi connectivity index (χ3v) is 24.2. The standard InChI is InChI=1S/C77H75NO11S2/c1-43(79)88-70-33-58-32-63-61-35-72(68(82)28-53(61)26-64-67(81)36-65-62-34-69(83)71(86-2)29-54(62)27-66(70)77(65,74(63)64)56-20-17-49-12-6-7-13-50(49)24-56)87-41-73(84)91-90-42-48-22-45-15-16-47(21-44-9-4-3-5-10-44)40-78-39-46-11-8-14-51(23-46)60-31-57(80)25-52-18-19-55(30-59(52)60)76(37-45,38-48)75(85)89-58/h3-14,17-20,23-25,28-31,34-35,45,47-48,58,63-67,70,73-74,78,80-84H,21-22,26-27,32-33,36-42H2,1-2H3. The van der Waals surface area contributed by atoms with Crippen molar-refractivity contribution >= 4 is 55.1 Å². The van der Waals surface area contributed by atoms with E-state index in [1.165, 1.54) is 41.2 Å². The first-order valence-electron chi connectivity index (χ1n) is 32.2. The molecule has 8 aromatic rings. The Balaban J connectivity index is 0.952. The number of hydrogen-bond donors (Lipinski definition) is 6. The first-order chi connectivity index (χ1) is 44.2. The van der Waals surface area contributed by atoms with Crippen LogP contribution in [0.25, 0.3) is 32.7 Å². The number of benzene rings is 8. The van der Waals surface area contributed by atoms with Crippen LogP contribution in [-0.4, -0.2) is 87.2 Å². The van der Waals surface area contributed by atoms with Gasteiger partial charge in [0, 0.05) is 55.4 Å². The van der Waals surface area contributed by atoms with Crippen molar-refractivity contribution in [2.75, 3.05) is 26.0 Å². The van der Waals surface area contributed by atoms with Gasteiger partial charge in [-0.1, -0.05) is 137 Å². The smallest absolute Gasteiger partial charge is 0.316 e. The zero-order valence-corrected chi connectivity index (χ0v) is 52.7. The van der Waals surface area contributed by atoms with Gasteiger partial charge in [-0.2, -0.15) is 0 Å². The number of phenolic OH excluding ortho intramolecular Hbond substituents is 3. The maximum atomic E-state index is 17.1. The Bertz CT molecular complexity index is 4220. The van der Waals surface area contributed by atoms with E-state index in [1.54, 1.807) is 12.1 Å². The lowest BCUT2D eigenvalue weighted by atomic mass is 9.38. The van der Waals surface area contributed by atoms with Gasteiger partial charge in [0.05, 0.1) is 18.6 Å². The molecule has 3 fully saturated rings. The molecule has 2 heterocycles. The molecular formula is C77H75NO11S2. The number of aliphatic hydroxyl groups is 2. The summed E-state index contributed by atoms with van der Waals surface area (Å²) in [4.78, 5) is 31.2. The number of aromatic hydroxyl groups is 3. The number of esters is 2. The molecule has 2 aliphatic heterocycles. The van der Waals surface area contributed by atoms with Crippen LogP contribution in [0.2, 0.25) is 0 Å². The van der Waals surface area contributed by atoms with E-state index < -0.39 is 76.1 Å². The molecule has 466 valence electrons. The number of hydrogen-bond acceptors (Lipinski definition) is 14. The largest absolute Gasteiger partial charge is 0.508 e. The zero-order valence-electron chi connectivity index (χ0n) is 51.1. The van der Waals surface area contributed by atoms with Crippen molar-refractivity contribution in [3.05, 3.63) is 196 Å². The fourth-order valence-corrected chi connectivity index (χ4v) is 20.3. The molecule has 14 heteroatoms. The second-order valence-corrected chi connectivity index (χ2v) is 29.5. The second-order valence-electron chi connectivity index (χ2n) is 26.9. The van der Waals surface area contributed by atoms with E-state index >= 15 is 4.79 Å². The Morgan fingerprint density at radius 3 is 2.42 bits per heavy atom. The zero-order chi connectivity index (χ0) is 62.3. The highest BCUT2D eigenvalue weighted by Crippen LogP contribution is 2.70. The quantitative estimate of drug-likeness (QED) is 0.0543. The van der Waals surface area contributed by atoms with E-state index in [4.69, 9.17) is 18.9 Å². The third-order valence-electron chi connectivity index (χ3n) is 21.6. The molecule has 0 amide bonds. The first kappa shape index (κ1) is 59.7. The van der Waals surface area contributed by atoms with Crippen LogP contribution in [0.3, 0.4) is 0 Å². The molecule has 0 saturated heterocycles. The monoisotopic (exact) mass is 1250 g/mol. The summed E-state index contributed by atoms with van der Waals surface area (Å²) < 4.78 is 26.7. The van der Waals surface area contributed by atoms with Gasteiger partial charge in [0.15, 0.2) is 23.0 Å². The van der Waals surface area contributed by atoms with Gasteiger partial charge < -0.3 is 49.8 Å². The summed E-state index contributed by atoms with van der Waals surface area (Å²) in [5, 5.41) is 67.7. The number of fused-ring (bicyclic) bond motifs is 11. The minimum Gasteiger partial charge on any atom is -0.508 e. The molecule has 1 spiro atoms. The van der Waals surface area contributed by atoms with Crippen molar-refractivity contribution in [3.8, 4) is 51.7 Å². The van der Waals surface area contributed by atoms with Crippen molar-refractivity contribution in [1.29, 1.82) is 0 Å². The Morgan fingerprint density at radius 1 is 0.758 bits per heavy atom. The highest BCUT2D eigenvalue weighted by atomic mass is 33.1. The number of phenols is 3. The number of carbonyl (C=O) groups is 2. The van der Waals surface area contributed by atoms with E-state index in [9.17, 15) is 30.3 Å². The summed E-state index contributed by atoms with van der Waals surface area (Å²) in [6.07, 6.45) is 1.15. The van der Waals surface area contributed by atoms with Crippen molar-refractivity contribution < 1.29 is 54.1 Å². The van der Waals surface area contributed by atoms with E-state index in [0.717, 1.165) is 78.0 Å². The lowest BCUT2D eigenvalue weighted by Gasteiger charge is -2.66. The van der Waals surface area contributed by atoms with Gasteiger partial charge >= 0.3 is 11.9 Å². The summed E-state index contributed by atoms with van der Waals surface area (Å²) in [7, 11) is 4.38. The van der Waals surface area contributed by atoms with Crippen LogP contribution in [0.5, 0.6) is 28.7 Å². The first-order valence-corrected chi connectivity index (χ1v) is 34.6. The Kier molecular flexibility index (Phi) is 15.8. The van der Waals surface area contributed by atoms with Gasteiger partial charge in [-0.15, -0.1) is 0 Å². The number of nitrogens with one attached hydrogen (secondary N) is 1. The van der Waals surface area contributed by atoms with Crippen molar-refractivity contribution in [3.63, 3.8) is 0 Å². The molecule has 5 aliphatic carbocycles. The Morgan fingerprint density at radius 2 is 1.57 bits per heavy atom. The molecule has 12 nitrogen and oxygen atoms in total. The predicted molar refractivity (Wildman–Crippen MR) is 355 cm³/mol. The maximum absolute atomic E-state index is 17.1. The Labute approximate surface area is 538 Å². The van der Waals surface area contributed by atoms with Crippen LogP contribution in [0.4, 0.5) is 0 Å². The fourth-order valence-electron chi connectivity index (χ4n) is 18.1. The Hall–Kier alpha value is -7.64. The molecule has 15 rings (SSSR count). The van der Waals surface area contributed by atoms with E-state index in [1.807, 2.05) is 60.7 Å². The topological polar surface area (TPSA) is 184 Å². The number of carbonyl (C=O) groups excluding carboxylic acids is 2. The van der Waals surface area contributed by atoms with Gasteiger partial charge in [-0.05, 0) is 207 Å². The average molecular weight is 1250 g/mol. The molecule has 6 N–H and O–H groups in total. The molecule has 11 bridgehead atoms. The maximum Gasteiger partial charge on any atom is 0.316 e. The van der Waals surface area contributed by atoms with Crippen LogP contribution in [0.1, 0.15) is 102 Å². The van der Waals surface area contributed by atoms with E-state index in [-0.39, 0.29) is 60.2 Å². The number of aliphatic hydroxyl groups excluding tert-OH is 2. The van der Waals surface area contributed by atoms with Gasteiger partial charge in [0.25, 0.3) is 0 Å². The minimum absolute atomic E-state index is 0.00915. The van der Waals surface area contributed by atoms with Crippen LogP contribution in [-0.2, 0) is 55.7 Å². The van der Waals surface area contributed by atoms with Crippen LogP contribution in [0, 0.1) is 47.3 Å². The average Bonchev–Trinajstić information content (AvgIpc) is 0.681. The van der Waals surface area contributed by atoms with Gasteiger partial charge in [0.1, 0.15) is 30.0 Å². The summed E-state index contributed by atoms with van der Waals surface area (Å²) in [6.45, 7) is 2.57. The number of methoxy groups -OCH3 is 1. The van der Waals surface area contributed by atoms with E-state index in [0.29, 0.717) is 63.1 Å². The van der Waals surface area contributed by atoms with Gasteiger partial charge in [-0.3, -0.25) is 9.59 Å². The lowest BCUT2D eigenvalue weighted by molar-refractivity contribution is -0.175. The predicted octanol–water partition coefficient (Wildman–Crippen LogP) is 13.4. The van der Waals surface area contributed by atoms with Crippen LogP contribution >= 0.6 is 21.6 Å². The van der Waals surface area contributed by atoms with Crippen molar-refractivity contribution in [1.82, 2.24) is 5.32 Å². The fraction of sp³-hybridized carbons (Fsp3) is 0.377. The molecule has 3 saturated carbocycles. The second kappa shape index (κ2) is 24.1. The molecular weight excluding hydrogens is 1180 g/mol. The summed E-state index contributed by atoms with van der Waals surface area (Å²) >= 11 is 0. The highest BCUT2D eigenvalue weighted by molar-refractivity contribution is 8.76. The van der Waals surface area contributed by atoms with E-state index in [2.05, 4.69) is 96.0 Å². The molecule has 7 aliphatic rings. The highest BCUT2D eigenvalue weighted by Gasteiger charge is 2.67. The third kappa shape index (κ3) is 10.9. The van der Waals surface area contributed by atoms with Gasteiger partial charge in [-0.25, -0.2) is 0 Å². The summed E-state index contributed by atoms with van der Waals surface area (Å²) in [6, 6.07) is 50.9.